The number of thioether (sulfide) groups is 1. The maximum absolute atomic E-state index is 13.3. The summed E-state index contributed by atoms with van der Waals surface area (Å²) >= 11 is 2.74. The molecule has 3 fully saturated rings. The van der Waals surface area contributed by atoms with E-state index in [9.17, 15) is 19.5 Å². The highest BCUT2D eigenvalue weighted by atomic mass is 32.2. The Morgan fingerprint density at radius 3 is 2.67 bits per heavy atom. The normalized spacial score (nSPS) is 29.2. The minimum absolute atomic E-state index is 0.221. The van der Waals surface area contributed by atoms with Gasteiger partial charge < -0.3 is 21.1 Å². The summed E-state index contributed by atoms with van der Waals surface area (Å²) < 4.78 is -0.615. The van der Waals surface area contributed by atoms with Gasteiger partial charge >= 0.3 is 5.97 Å². The molecule has 2 amide bonds. The van der Waals surface area contributed by atoms with E-state index >= 15 is 0 Å². The molecule has 8 nitrogen and oxygen atoms in total. The third-order valence-electron chi connectivity index (χ3n) is 6.48. The van der Waals surface area contributed by atoms with Crippen LogP contribution >= 0.6 is 23.1 Å². The van der Waals surface area contributed by atoms with E-state index in [1.807, 2.05) is 19.2 Å². The van der Waals surface area contributed by atoms with Gasteiger partial charge in [0.2, 0.25) is 11.8 Å². The van der Waals surface area contributed by atoms with Crippen LogP contribution in [-0.2, 0) is 14.4 Å². The summed E-state index contributed by atoms with van der Waals surface area (Å²) in [5, 5.41) is 14.4. The Bertz CT molecular complexity index is 852. The van der Waals surface area contributed by atoms with E-state index in [4.69, 9.17) is 5.73 Å². The van der Waals surface area contributed by atoms with Crippen LogP contribution in [0.15, 0.2) is 5.38 Å². The Morgan fingerprint density at radius 1 is 1.37 bits per heavy atom. The van der Waals surface area contributed by atoms with E-state index in [-0.39, 0.29) is 17.2 Å². The number of anilines is 1. The van der Waals surface area contributed by atoms with Crippen LogP contribution in [0.2, 0.25) is 0 Å². The van der Waals surface area contributed by atoms with Crippen molar-refractivity contribution in [1.82, 2.24) is 15.2 Å². The number of hydrogen-bond acceptors (Lipinski definition) is 7. The summed E-state index contributed by atoms with van der Waals surface area (Å²) in [5.41, 5.74) is 6.47. The Hall–Kier alpha value is -1.81. The molecule has 10 heteroatoms. The summed E-state index contributed by atoms with van der Waals surface area (Å²) in [5.74, 6) is -1.55. The highest BCUT2D eigenvalue weighted by Crippen LogP contribution is 2.51. The molecule has 3 aliphatic rings. The lowest BCUT2D eigenvalue weighted by Gasteiger charge is -2.44. The van der Waals surface area contributed by atoms with Crippen LogP contribution in [-0.4, -0.2) is 55.0 Å². The molecule has 1 saturated carbocycles. The lowest BCUT2D eigenvalue weighted by atomic mass is 9.81. The maximum Gasteiger partial charge on any atom is 0.327 e. The summed E-state index contributed by atoms with van der Waals surface area (Å²) in [4.78, 5) is 43.4. The minimum Gasteiger partial charge on any atom is -0.480 e. The average Bonchev–Trinajstić information content (AvgIpc) is 3.23. The molecule has 1 aromatic heterocycles. The molecule has 0 spiro atoms. The largest absolute Gasteiger partial charge is 0.480 e. The highest BCUT2D eigenvalue weighted by molar-refractivity contribution is 8.01. The van der Waals surface area contributed by atoms with E-state index in [0.29, 0.717) is 23.2 Å². The fraction of sp³-hybridized carbons (Fsp3) is 0.700. The zero-order valence-electron chi connectivity index (χ0n) is 17.2. The number of carboxylic acid groups (broad SMARTS) is 1. The number of nitrogens with zero attached hydrogens (tertiary/aromatic N) is 2. The molecule has 2 saturated heterocycles. The van der Waals surface area contributed by atoms with Crippen molar-refractivity contribution in [2.75, 3.05) is 5.73 Å². The molecule has 3 heterocycles. The zero-order chi connectivity index (χ0) is 21.6. The highest BCUT2D eigenvalue weighted by Gasteiger charge is 2.64. The molecular formula is C20H28N4O4S2. The number of fused-ring (bicyclic) bond motifs is 1. The van der Waals surface area contributed by atoms with Gasteiger partial charge in [0.05, 0.1) is 11.6 Å². The fourth-order valence-electron chi connectivity index (χ4n) is 4.98. The number of β-lactam (4-membered cyclic amide) rings is 1. The van der Waals surface area contributed by atoms with Crippen molar-refractivity contribution in [3.8, 4) is 0 Å². The molecule has 1 aliphatic carbocycles. The average molecular weight is 453 g/mol. The van der Waals surface area contributed by atoms with Crippen molar-refractivity contribution < 1.29 is 19.5 Å². The van der Waals surface area contributed by atoms with Crippen LogP contribution in [0.25, 0.3) is 0 Å². The number of carbonyl (C=O) groups is 3. The Labute approximate surface area is 184 Å². The molecule has 30 heavy (non-hydrogen) atoms. The number of carboxylic acids is 1. The van der Waals surface area contributed by atoms with E-state index in [0.717, 1.165) is 12.8 Å². The first-order valence-corrected chi connectivity index (χ1v) is 12.2. The van der Waals surface area contributed by atoms with Gasteiger partial charge in [-0.1, -0.05) is 32.1 Å². The molecule has 4 N–H and O–H groups in total. The summed E-state index contributed by atoms with van der Waals surface area (Å²) in [6, 6.07) is -1.58. The molecule has 0 radical (unpaired) electrons. The fourth-order valence-corrected chi connectivity index (χ4v) is 7.22. The molecule has 1 unspecified atom stereocenters. The van der Waals surface area contributed by atoms with Gasteiger partial charge in [0, 0.05) is 10.1 Å². The van der Waals surface area contributed by atoms with Crippen molar-refractivity contribution in [1.29, 1.82) is 0 Å². The third kappa shape index (κ3) is 3.79. The molecule has 0 bridgehead atoms. The van der Waals surface area contributed by atoms with Crippen LogP contribution < -0.4 is 11.1 Å². The number of aromatic nitrogens is 1. The van der Waals surface area contributed by atoms with Crippen LogP contribution in [0.1, 0.15) is 64.0 Å². The summed E-state index contributed by atoms with van der Waals surface area (Å²) in [6.45, 7) is 3.65. The van der Waals surface area contributed by atoms with Crippen LogP contribution in [0.3, 0.4) is 0 Å². The van der Waals surface area contributed by atoms with Gasteiger partial charge in [-0.2, -0.15) is 0 Å². The molecule has 164 valence electrons. The van der Waals surface area contributed by atoms with Gasteiger partial charge in [0.15, 0.2) is 5.13 Å². The lowest BCUT2D eigenvalue weighted by Crippen LogP contribution is -2.70. The van der Waals surface area contributed by atoms with Gasteiger partial charge in [-0.25, -0.2) is 9.78 Å². The van der Waals surface area contributed by atoms with E-state index < -0.39 is 28.7 Å². The van der Waals surface area contributed by atoms with Crippen LogP contribution in [0.5, 0.6) is 0 Å². The SMILES string of the molecule is CC1(C)S[C@@H]2[C@H](NC(=O)C(CC3CCCCC3)c3csc(N)n3)C(=O)N2[C@H]1C(=O)O. The number of nitrogens with two attached hydrogens (primary N) is 1. The number of carbonyl (C=O) groups excluding carboxylic acids is 2. The van der Waals surface area contributed by atoms with E-state index in [2.05, 4.69) is 10.3 Å². The summed E-state index contributed by atoms with van der Waals surface area (Å²) in [6.07, 6.45) is 6.50. The van der Waals surface area contributed by atoms with Gasteiger partial charge in [-0.3, -0.25) is 9.59 Å². The number of nitrogens with one attached hydrogen (secondary N) is 1. The third-order valence-corrected chi connectivity index (χ3v) is 8.74. The van der Waals surface area contributed by atoms with E-state index in [1.54, 1.807) is 0 Å². The predicted molar refractivity (Wildman–Crippen MR) is 116 cm³/mol. The number of nitrogen functional groups attached to an aromatic ring is 1. The second kappa shape index (κ2) is 8.03. The zero-order valence-corrected chi connectivity index (χ0v) is 18.8. The lowest BCUT2D eigenvalue weighted by molar-refractivity contribution is -0.161. The quantitative estimate of drug-likeness (QED) is 0.566. The standard InChI is InChI=1S/C20H28N4O4S2/c1-20(2)14(18(27)28)24-16(26)13(17(24)30-20)23-15(25)11(12-9-29-19(21)22-12)8-10-6-4-3-5-7-10/h9-11,13-14,17H,3-8H2,1-2H3,(H2,21,22)(H,23,25)(H,27,28)/t11?,13-,14+,17-/m1/s1. The monoisotopic (exact) mass is 452 g/mol. The second-order valence-electron chi connectivity index (χ2n) is 8.99. The first-order chi connectivity index (χ1) is 14.2. The number of thiazole rings is 1. The van der Waals surface area contributed by atoms with Crippen molar-refractivity contribution >= 4 is 46.0 Å². The number of rotatable bonds is 6. The molecule has 2 aliphatic heterocycles. The molecular weight excluding hydrogens is 424 g/mol. The van der Waals surface area contributed by atoms with E-state index in [1.165, 1.54) is 47.3 Å². The second-order valence-corrected chi connectivity index (χ2v) is 11.6. The van der Waals surface area contributed by atoms with Gasteiger partial charge in [-0.05, 0) is 26.2 Å². The van der Waals surface area contributed by atoms with Gasteiger partial charge in [-0.15, -0.1) is 23.1 Å². The Kier molecular flexibility index (Phi) is 5.73. The number of hydrogen-bond donors (Lipinski definition) is 3. The molecule has 0 aromatic carbocycles. The topological polar surface area (TPSA) is 126 Å². The smallest absolute Gasteiger partial charge is 0.327 e. The first kappa shape index (κ1) is 21.4. The van der Waals surface area contributed by atoms with Crippen LogP contribution in [0, 0.1) is 5.92 Å². The van der Waals surface area contributed by atoms with Crippen molar-refractivity contribution in [3.63, 3.8) is 0 Å². The van der Waals surface area contributed by atoms with Gasteiger partial charge in [0.25, 0.3) is 0 Å². The van der Waals surface area contributed by atoms with Crippen molar-refractivity contribution in [2.24, 2.45) is 5.92 Å². The van der Waals surface area contributed by atoms with Crippen LogP contribution in [0.4, 0.5) is 5.13 Å². The van der Waals surface area contributed by atoms with Crippen molar-refractivity contribution in [3.05, 3.63) is 11.1 Å². The predicted octanol–water partition coefficient (Wildman–Crippen LogP) is 2.41. The summed E-state index contributed by atoms with van der Waals surface area (Å²) in [7, 11) is 0. The molecule has 1 aromatic rings. The maximum atomic E-state index is 13.3. The first-order valence-electron chi connectivity index (χ1n) is 10.4. The minimum atomic E-state index is -1.01. The van der Waals surface area contributed by atoms with Gasteiger partial charge in [0.1, 0.15) is 17.5 Å². The molecule has 4 atom stereocenters. The van der Waals surface area contributed by atoms with Crippen molar-refractivity contribution in [2.45, 2.75) is 80.5 Å². The number of aliphatic carboxylic acids is 1. The number of amides is 2. The molecule has 4 rings (SSSR count). The Morgan fingerprint density at radius 2 is 2.07 bits per heavy atom. The Balaban J connectivity index is 1.49.